The molecule has 0 nitrogen and oxygen atoms in total. The Morgan fingerprint density at radius 1 is 0.385 bits per heavy atom. The zero-order valence-electron chi connectivity index (χ0n) is 26.6. The summed E-state index contributed by atoms with van der Waals surface area (Å²) in [6.07, 6.45) is 16.2. The van der Waals surface area contributed by atoms with Gasteiger partial charge in [0, 0.05) is 9.75 Å². The molecule has 0 aliphatic heterocycles. The molecule has 0 aromatic carbocycles. The first-order valence-corrected chi connectivity index (χ1v) is 33.8. The molecule has 0 bridgehead atoms. The van der Waals surface area contributed by atoms with Gasteiger partial charge in [-0.1, -0.05) is 116 Å². The molecule has 0 aliphatic rings. The summed E-state index contributed by atoms with van der Waals surface area (Å²) in [6, 6.07) is 0. The molecule has 0 fully saturated rings. The quantitative estimate of drug-likeness (QED) is 0.0397. The molecule has 39 heavy (non-hydrogen) atoms. The van der Waals surface area contributed by atoms with Crippen LogP contribution in [0.4, 0.5) is 0 Å². The lowest BCUT2D eigenvalue weighted by Gasteiger charge is -2.36. The van der Waals surface area contributed by atoms with E-state index in [4.69, 9.17) is 0 Å². The minimum absolute atomic E-state index is 0.775. The molecule has 11 heteroatoms. The summed E-state index contributed by atoms with van der Waals surface area (Å²) in [6.45, 7) is 19.4. The molecule has 236 valence electrons. The SMILES string of the molecule is CCCCS[Si](SCCCC)(SCCCC)C(C)SSSC(C)[Si](SCCCC)(SCCCC)SCCCC. The van der Waals surface area contributed by atoms with Crippen LogP contribution < -0.4 is 0 Å². The Bertz CT molecular complexity index is 434. The standard InChI is InChI=1S/C28H62S9Si2/c1-9-15-21-29-38(30-22-16-10-2,31-23-17-11-3)27(7)35-37-36-28(8)39(32-24-18-12-4,33-25-19-13-5)34-26-20-14-6/h27-28H,9-26H2,1-8H3. The average molecular weight is 744 g/mol. The van der Waals surface area contributed by atoms with Gasteiger partial charge in [-0.25, -0.2) is 0 Å². The van der Waals surface area contributed by atoms with Crippen LogP contribution in [0.15, 0.2) is 0 Å². The van der Waals surface area contributed by atoms with Gasteiger partial charge in [-0.05, 0) is 82.9 Å². The summed E-state index contributed by atoms with van der Waals surface area (Å²) >= 11 is 14.6. The largest absolute Gasteiger partial charge is 0.251 e. The van der Waals surface area contributed by atoms with Crippen molar-refractivity contribution in [2.24, 2.45) is 0 Å². The molecule has 2 atom stereocenters. The summed E-state index contributed by atoms with van der Waals surface area (Å²) in [5, 5.41) is 0. The van der Waals surface area contributed by atoms with Crippen LogP contribution in [0, 0.1) is 0 Å². The fourth-order valence-electron chi connectivity index (χ4n) is 3.37. The Morgan fingerprint density at radius 2 is 0.590 bits per heavy atom. The maximum atomic E-state index is 2.61. The molecule has 0 N–H and O–H groups in total. The van der Waals surface area contributed by atoms with E-state index < -0.39 is 11.0 Å². The highest BCUT2D eigenvalue weighted by Gasteiger charge is 2.44. The smallest absolute Gasteiger partial charge is 0.161 e. The van der Waals surface area contributed by atoms with Gasteiger partial charge in [0.15, 0.2) is 0 Å². The zero-order chi connectivity index (χ0) is 29.2. The second-order valence-electron chi connectivity index (χ2n) is 9.96. The lowest BCUT2D eigenvalue weighted by molar-refractivity contribution is 0.896. The van der Waals surface area contributed by atoms with Gasteiger partial charge in [0.2, 0.25) is 0 Å². The minimum atomic E-state index is -1.53. The van der Waals surface area contributed by atoms with E-state index in [1.807, 2.05) is 0 Å². The van der Waals surface area contributed by atoms with Crippen LogP contribution in [0.1, 0.15) is 132 Å². The Kier molecular flexibility index (Phi) is 31.7. The van der Waals surface area contributed by atoms with Gasteiger partial charge in [0.1, 0.15) is 0 Å². The Balaban J connectivity index is 5.56. The van der Waals surface area contributed by atoms with Crippen LogP contribution in [-0.4, -0.2) is 55.3 Å². The summed E-state index contributed by atoms with van der Waals surface area (Å²) in [7, 11) is 6.70. The van der Waals surface area contributed by atoms with Crippen molar-refractivity contribution in [3.63, 3.8) is 0 Å². The molecule has 0 radical (unpaired) electrons. The molecule has 0 amide bonds. The monoisotopic (exact) mass is 742 g/mol. The van der Waals surface area contributed by atoms with Crippen molar-refractivity contribution in [2.75, 3.05) is 34.5 Å². The molecule has 0 saturated heterocycles. The maximum Gasteiger partial charge on any atom is 0.251 e. The van der Waals surface area contributed by atoms with Crippen molar-refractivity contribution in [3.8, 4) is 0 Å². The number of hydrogen-bond acceptors (Lipinski definition) is 9. The third-order valence-corrected chi connectivity index (χ3v) is 54.4. The lowest BCUT2D eigenvalue weighted by Crippen LogP contribution is -2.37. The molecule has 0 saturated carbocycles. The number of rotatable bonds is 30. The van der Waals surface area contributed by atoms with Gasteiger partial charge in [0.25, 0.3) is 11.0 Å². The van der Waals surface area contributed by atoms with Crippen LogP contribution >= 0.6 is 98.7 Å². The van der Waals surface area contributed by atoms with Crippen LogP contribution in [0.5, 0.6) is 0 Å². The highest BCUT2D eigenvalue weighted by molar-refractivity contribution is 9.11. The third-order valence-electron chi connectivity index (χ3n) is 6.17. The summed E-state index contributed by atoms with van der Waals surface area (Å²) in [4.78, 5) is 1.55. The first kappa shape index (κ1) is 42.6. The third kappa shape index (κ3) is 19.6. The average Bonchev–Trinajstić information content (AvgIpc) is 2.93. The van der Waals surface area contributed by atoms with Crippen molar-refractivity contribution >= 4 is 110 Å². The Labute approximate surface area is 283 Å². The van der Waals surface area contributed by atoms with Crippen molar-refractivity contribution in [2.45, 2.75) is 142 Å². The summed E-state index contributed by atoms with van der Waals surface area (Å²) < 4.78 is 0. The molecule has 0 aromatic heterocycles. The molecule has 0 spiro atoms. The molecule has 0 aromatic rings. The van der Waals surface area contributed by atoms with E-state index in [0.29, 0.717) is 0 Å². The van der Waals surface area contributed by atoms with Gasteiger partial charge in [-0.2, -0.15) is 67.3 Å². The molecular formula is C28H62S9Si2. The fraction of sp³-hybridized carbons (Fsp3) is 1.00. The topological polar surface area (TPSA) is 0 Å². The predicted octanol–water partition coefficient (Wildman–Crippen LogP) is 13.9. The van der Waals surface area contributed by atoms with Crippen LogP contribution in [-0.2, 0) is 0 Å². The van der Waals surface area contributed by atoms with Crippen molar-refractivity contribution < 1.29 is 0 Å². The van der Waals surface area contributed by atoms with Crippen molar-refractivity contribution in [3.05, 3.63) is 0 Å². The van der Waals surface area contributed by atoms with E-state index in [0.717, 1.165) is 9.75 Å². The highest BCUT2D eigenvalue weighted by Crippen LogP contribution is 2.57. The first-order valence-electron chi connectivity index (χ1n) is 15.7. The van der Waals surface area contributed by atoms with Crippen molar-refractivity contribution in [1.29, 1.82) is 0 Å². The molecule has 0 heterocycles. The van der Waals surface area contributed by atoms with Gasteiger partial charge in [-0.3, -0.25) is 0 Å². The fourth-order valence-corrected chi connectivity index (χ4v) is 55.4. The van der Waals surface area contributed by atoms with Gasteiger partial charge in [-0.15, -0.1) is 0 Å². The summed E-state index contributed by atoms with van der Waals surface area (Å²) in [5.41, 5.74) is -3.06. The minimum Gasteiger partial charge on any atom is -0.161 e. The molecule has 0 aliphatic carbocycles. The van der Waals surface area contributed by atoms with Gasteiger partial charge >= 0.3 is 0 Å². The normalized spacial score (nSPS) is 14.2. The lowest BCUT2D eigenvalue weighted by atomic mass is 10.4. The second kappa shape index (κ2) is 29.0. The van der Waals surface area contributed by atoms with E-state index in [9.17, 15) is 0 Å². The number of unbranched alkanes of at least 4 members (excludes halogenated alkanes) is 6. The first-order chi connectivity index (χ1) is 18.9. The second-order valence-corrected chi connectivity index (χ2v) is 45.3. The van der Waals surface area contributed by atoms with E-state index in [2.05, 4.69) is 154 Å². The van der Waals surface area contributed by atoms with Crippen LogP contribution in [0.25, 0.3) is 0 Å². The van der Waals surface area contributed by atoms with Crippen LogP contribution in [0.3, 0.4) is 0 Å². The van der Waals surface area contributed by atoms with Crippen molar-refractivity contribution in [1.82, 2.24) is 0 Å². The maximum absolute atomic E-state index is 2.61. The highest BCUT2D eigenvalue weighted by atomic mass is 33.5. The van der Waals surface area contributed by atoms with E-state index in [-0.39, 0.29) is 0 Å². The van der Waals surface area contributed by atoms with Gasteiger partial charge < -0.3 is 0 Å². The Morgan fingerprint density at radius 3 is 0.769 bits per heavy atom. The Hall–Kier alpha value is 3.58. The van der Waals surface area contributed by atoms with E-state index in [1.165, 1.54) is 112 Å². The van der Waals surface area contributed by atoms with E-state index in [1.54, 1.807) is 0 Å². The molecular weight excluding hydrogens is 681 g/mol. The molecule has 2 unspecified atom stereocenters. The zero-order valence-corrected chi connectivity index (χ0v) is 35.9. The van der Waals surface area contributed by atoms with Gasteiger partial charge in [0.05, 0.1) is 0 Å². The predicted molar refractivity (Wildman–Crippen MR) is 217 cm³/mol. The van der Waals surface area contributed by atoms with E-state index >= 15 is 0 Å². The number of hydrogen-bond donors (Lipinski definition) is 0. The molecule has 0 rings (SSSR count). The van der Waals surface area contributed by atoms with Crippen LogP contribution in [0.2, 0.25) is 0 Å². The summed E-state index contributed by atoms with van der Waals surface area (Å²) in [5.74, 6) is 8.20.